The molecule has 0 spiro atoms. The van der Waals surface area contributed by atoms with Crippen LogP contribution in [0.1, 0.15) is 17.4 Å². The Morgan fingerprint density at radius 1 is 0.793 bits per heavy atom. The molecule has 2 aromatic rings. The van der Waals surface area contributed by atoms with E-state index in [-0.39, 0.29) is 11.8 Å². The van der Waals surface area contributed by atoms with Crippen LogP contribution in [-0.2, 0) is 4.79 Å². The maximum absolute atomic E-state index is 12.8. The van der Waals surface area contributed by atoms with Crippen LogP contribution >= 0.6 is 0 Å². The standard InChI is InChI=1S/C21H26N6O2/c1-17(28)24-8-10-25(11-9-24)18-5-6-19(23-16-18)21(29)27-14-12-26(13-15-27)20-4-2-3-7-22-20/h2-7,16H,8-15H2,1H3. The molecule has 0 radical (unpaired) electrons. The van der Waals surface area contributed by atoms with Crippen LogP contribution < -0.4 is 9.80 Å². The summed E-state index contributed by atoms with van der Waals surface area (Å²) in [6.07, 6.45) is 3.55. The number of amides is 2. The van der Waals surface area contributed by atoms with E-state index in [1.54, 1.807) is 25.4 Å². The van der Waals surface area contributed by atoms with E-state index in [1.165, 1.54) is 0 Å². The maximum atomic E-state index is 12.8. The highest BCUT2D eigenvalue weighted by Gasteiger charge is 2.24. The normalized spacial score (nSPS) is 17.4. The van der Waals surface area contributed by atoms with E-state index in [0.717, 1.165) is 50.8 Å². The number of aromatic nitrogens is 2. The van der Waals surface area contributed by atoms with Gasteiger partial charge in [0.15, 0.2) is 0 Å². The highest BCUT2D eigenvalue weighted by Crippen LogP contribution is 2.18. The fourth-order valence-electron chi connectivity index (χ4n) is 3.82. The molecule has 0 bridgehead atoms. The molecule has 4 heterocycles. The molecule has 0 atom stereocenters. The van der Waals surface area contributed by atoms with Crippen LogP contribution in [0.25, 0.3) is 0 Å². The van der Waals surface area contributed by atoms with Crippen molar-refractivity contribution in [3.05, 3.63) is 48.4 Å². The quantitative estimate of drug-likeness (QED) is 0.777. The van der Waals surface area contributed by atoms with Crippen LogP contribution in [0, 0.1) is 0 Å². The highest BCUT2D eigenvalue weighted by atomic mass is 16.2. The molecular weight excluding hydrogens is 368 g/mol. The van der Waals surface area contributed by atoms with Gasteiger partial charge in [0, 0.05) is 65.5 Å². The summed E-state index contributed by atoms with van der Waals surface area (Å²) in [4.78, 5) is 41.2. The number of anilines is 2. The molecule has 4 rings (SSSR count). The third-order valence-corrected chi connectivity index (χ3v) is 5.60. The lowest BCUT2D eigenvalue weighted by Gasteiger charge is -2.36. The zero-order valence-corrected chi connectivity index (χ0v) is 16.7. The Morgan fingerprint density at radius 3 is 2.07 bits per heavy atom. The van der Waals surface area contributed by atoms with Crippen LogP contribution in [0.3, 0.4) is 0 Å². The first-order chi connectivity index (χ1) is 14.1. The second-order valence-electron chi connectivity index (χ2n) is 7.36. The van der Waals surface area contributed by atoms with Gasteiger partial charge in [-0.25, -0.2) is 9.97 Å². The number of rotatable bonds is 3. The van der Waals surface area contributed by atoms with E-state index < -0.39 is 0 Å². The van der Waals surface area contributed by atoms with Crippen molar-refractivity contribution in [3.63, 3.8) is 0 Å². The minimum Gasteiger partial charge on any atom is -0.367 e. The van der Waals surface area contributed by atoms with Gasteiger partial charge in [0.1, 0.15) is 11.5 Å². The average Bonchev–Trinajstić information content (AvgIpc) is 2.79. The van der Waals surface area contributed by atoms with E-state index in [2.05, 4.69) is 19.8 Å². The van der Waals surface area contributed by atoms with E-state index in [1.807, 2.05) is 34.1 Å². The largest absolute Gasteiger partial charge is 0.367 e. The minimum absolute atomic E-state index is 0.0291. The summed E-state index contributed by atoms with van der Waals surface area (Å²) in [6.45, 7) is 7.45. The van der Waals surface area contributed by atoms with Gasteiger partial charge >= 0.3 is 0 Å². The SMILES string of the molecule is CC(=O)N1CCN(c2ccc(C(=O)N3CCN(c4ccccn4)CC3)nc2)CC1. The molecule has 2 aromatic heterocycles. The first-order valence-corrected chi connectivity index (χ1v) is 10.0. The van der Waals surface area contributed by atoms with Gasteiger partial charge in [-0.05, 0) is 24.3 Å². The van der Waals surface area contributed by atoms with Crippen molar-refractivity contribution in [2.75, 3.05) is 62.2 Å². The Hall–Kier alpha value is -3.16. The Kier molecular flexibility index (Phi) is 5.59. The minimum atomic E-state index is -0.0291. The van der Waals surface area contributed by atoms with Crippen LogP contribution in [0.2, 0.25) is 0 Å². The van der Waals surface area contributed by atoms with Crippen molar-refractivity contribution < 1.29 is 9.59 Å². The Labute approximate surface area is 170 Å². The smallest absolute Gasteiger partial charge is 0.272 e. The molecule has 0 saturated carbocycles. The Balaban J connectivity index is 1.32. The number of carbonyl (C=O) groups excluding carboxylic acids is 2. The highest BCUT2D eigenvalue weighted by molar-refractivity contribution is 5.92. The molecule has 0 unspecified atom stereocenters. The predicted molar refractivity (Wildman–Crippen MR) is 111 cm³/mol. The van der Waals surface area contributed by atoms with Gasteiger partial charge in [-0.2, -0.15) is 0 Å². The molecule has 0 aliphatic carbocycles. The molecular formula is C21H26N6O2. The summed E-state index contributed by atoms with van der Waals surface area (Å²) in [5.74, 6) is 1.04. The summed E-state index contributed by atoms with van der Waals surface area (Å²) in [6, 6.07) is 9.63. The summed E-state index contributed by atoms with van der Waals surface area (Å²) >= 11 is 0. The summed E-state index contributed by atoms with van der Waals surface area (Å²) in [5, 5.41) is 0. The topological polar surface area (TPSA) is 72.9 Å². The first kappa shape index (κ1) is 19.2. The fourth-order valence-corrected chi connectivity index (χ4v) is 3.82. The van der Waals surface area contributed by atoms with Gasteiger partial charge in [0.2, 0.25) is 5.91 Å². The summed E-state index contributed by atoms with van der Waals surface area (Å²) in [5.41, 5.74) is 1.46. The van der Waals surface area contributed by atoms with E-state index in [4.69, 9.17) is 0 Å². The molecule has 0 N–H and O–H groups in total. The van der Waals surface area contributed by atoms with Crippen molar-refractivity contribution in [3.8, 4) is 0 Å². The second-order valence-corrected chi connectivity index (χ2v) is 7.36. The van der Waals surface area contributed by atoms with Gasteiger partial charge in [-0.15, -0.1) is 0 Å². The summed E-state index contributed by atoms with van der Waals surface area (Å²) in [7, 11) is 0. The van der Waals surface area contributed by atoms with Crippen molar-refractivity contribution in [1.29, 1.82) is 0 Å². The average molecular weight is 394 g/mol. The third-order valence-electron chi connectivity index (χ3n) is 5.60. The monoisotopic (exact) mass is 394 g/mol. The van der Waals surface area contributed by atoms with Crippen molar-refractivity contribution >= 4 is 23.3 Å². The maximum Gasteiger partial charge on any atom is 0.272 e. The van der Waals surface area contributed by atoms with Gasteiger partial charge in [0.05, 0.1) is 11.9 Å². The molecule has 0 aromatic carbocycles. The lowest BCUT2D eigenvalue weighted by Crippen LogP contribution is -2.49. The van der Waals surface area contributed by atoms with Gasteiger partial charge in [0.25, 0.3) is 5.91 Å². The Bertz CT molecular complexity index is 841. The van der Waals surface area contributed by atoms with Crippen LogP contribution in [0.15, 0.2) is 42.7 Å². The molecule has 8 nitrogen and oxygen atoms in total. The zero-order valence-electron chi connectivity index (χ0n) is 16.7. The number of piperazine rings is 2. The lowest BCUT2D eigenvalue weighted by atomic mass is 10.2. The van der Waals surface area contributed by atoms with Crippen molar-refractivity contribution in [1.82, 2.24) is 19.8 Å². The van der Waals surface area contributed by atoms with Crippen LogP contribution in [0.5, 0.6) is 0 Å². The van der Waals surface area contributed by atoms with Crippen LogP contribution in [-0.4, -0.2) is 83.9 Å². The van der Waals surface area contributed by atoms with Gasteiger partial charge in [-0.1, -0.05) is 6.07 Å². The molecule has 2 aliphatic heterocycles. The molecule has 8 heteroatoms. The van der Waals surface area contributed by atoms with Gasteiger partial charge in [-0.3, -0.25) is 9.59 Å². The fraction of sp³-hybridized carbons (Fsp3) is 0.429. The van der Waals surface area contributed by atoms with Crippen molar-refractivity contribution in [2.45, 2.75) is 6.92 Å². The van der Waals surface area contributed by atoms with E-state index in [0.29, 0.717) is 18.8 Å². The molecule has 2 fully saturated rings. The molecule has 29 heavy (non-hydrogen) atoms. The van der Waals surface area contributed by atoms with E-state index in [9.17, 15) is 9.59 Å². The Morgan fingerprint density at radius 2 is 1.48 bits per heavy atom. The lowest BCUT2D eigenvalue weighted by molar-refractivity contribution is -0.129. The molecule has 2 aliphatic rings. The number of hydrogen-bond acceptors (Lipinski definition) is 6. The zero-order chi connectivity index (χ0) is 20.2. The number of pyridine rings is 2. The molecule has 2 amide bonds. The third kappa shape index (κ3) is 4.31. The molecule has 2 saturated heterocycles. The summed E-state index contributed by atoms with van der Waals surface area (Å²) < 4.78 is 0. The predicted octanol–water partition coefficient (Wildman–Crippen LogP) is 1.11. The number of nitrogens with zero attached hydrogens (tertiary/aromatic N) is 6. The van der Waals surface area contributed by atoms with E-state index >= 15 is 0 Å². The van der Waals surface area contributed by atoms with Crippen molar-refractivity contribution in [2.24, 2.45) is 0 Å². The first-order valence-electron chi connectivity index (χ1n) is 10.0. The number of carbonyl (C=O) groups is 2. The number of hydrogen-bond donors (Lipinski definition) is 0. The molecule has 152 valence electrons. The second kappa shape index (κ2) is 8.46. The van der Waals surface area contributed by atoms with Gasteiger partial charge < -0.3 is 19.6 Å². The van der Waals surface area contributed by atoms with Crippen LogP contribution in [0.4, 0.5) is 11.5 Å².